The first-order valence-corrected chi connectivity index (χ1v) is 8.06. The van der Waals surface area contributed by atoms with E-state index in [9.17, 15) is 19.5 Å². The molecule has 110 valence electrons. The van der Waals surface area contributed by atoms with Gasteiger partial charge in [-0.25, -0.2) is 4.79 Å². The van der Waals surface area contributed by atoms with Crippen LogP contribution in [0.3, 0.4) is 0 Å². The lowest BCUT2D eigenvalue weighted by molar-refractivity contribution is -0.138. The number of aliphatic carboxylic acids is 1. The number of hydrogen-bond acceptors (Lipinski definition) is 5. The number of carbonyl (C=O) groups is 3. The van der Waals surface area contributed by atoms with Crippen molar-refractivity contribution >= 4 is 45.9 Å². The van der Waals surface area contributed by atoms with Crippen molar-refractivity contribution in [2.45, 2.75) is 24.1 Å². The molecule has 0 spiro atoms. The summed E-state index contributed by atoms with van der Waals surface area (Å²) in [6, 6.07) is 3.59. The van der Waals surface area contributed by atoms with Gasteiger partial charge in [0.25, 0.3) is 0 Å². The number of amides is 2. The lowest BCUT2D eigenvalue weighted by Crippen LogP contribution is -2.54. The van der Waals surface area contributed by atoms with E-state index in [-0.39, 0.29) is 22.8 Å². The van der Waals surface area contributed by atoms with Gasteiger partial charge in [-0.15, -0.1) is 23.1 Å². The summed E-state index contributed by atoms with van der Waals surface area (Å²) in [6.07, 6.45) is 1.74. The van der Waals surface area contributed by atoms with E-state index >= 15 is 0 Å². The van der Waals surface area contributed by atoms with Crippen LogP contribution in [0.4, 0.5) is 5.00 Å². The molecule has 1 saturated heterocycles. The lowest BCUT2D eigenvalue weighted by atomic mass is 10.1. The summed E-state index contributed by atoms with van der Waals surface area (Å²) in [4.78, 5) is 37.9. The first-order valence-electron chi connectivity index (χ1n) is 6.24. The number of thiophene rings is 1. The smallest absolute Gasteiger partial charge is 0.336 e. The van der Waals surface area contributed by atoms with Gasteiger partial charge in [0, 0.05) is 13.1 Å². The van der Waals surface area contributed by atoms with Gasteiger partial charge in [0.1, 0.15) is 5.37 Å². The molecule has 6 nitrogen and oxygen atoms in total. The number of carbonyl (C=O) groups excluding carboxylic acids is 2. The van der Waals surface area contributed by atoms with Gasteiger partial charge in [0.2, 0.25) is 11.8 Å². The van der Waals surface area contributed by atoms with Crippen molar-refractivity contribution in [1.29, 1.82) is 0 Å². The molecule has 0 radical (unpaired) electrons. The Kier molecular flexibility index (Phi) is 3.50. The predicted molar refractivity (Wildman–Crippen MR) is 79.8 cm³/mol. The van der Waals surface area contributed by atoms with E-state index in [2.05, 4.69) is 0 Å². The second-order valence-electron chi connectivity index (χ2n) is 4.68. The van der Waals surface area contributed by atoms with Gasteiger partial charge >= 0.3 is 5.97 Å². The topological polar surface area (TPSA) is 77.9 Å². The molecular formula is C13H12N2O4S2. The zero-order valence-corrected chi connectivity index (χ0v) is 12.7. The minimum absolute atomic E-state index is 0.0490. The van der Waals surface area contributed by atoms with Crippen molar-refractivity contribution in [3.63, 3.8) is 0 Å². The molecule has 0 saturated carbocycles. The Morgan fingerprint density at radius 1 is 1.48 bits per heavy atom. The molecule has 21 heavy (non-hydrogen) atoms. The van der Waals surface area contributed by atoms with E-state index in [1.54, 1.807) is 6.07 Å². The van der Waals surface area contributed by atoms with Crippen molar-refractivity contribution in [3.8, 4) is 0 Å². The quantitative estimate of drug-likeness (QED) is 0.856. The molecule has 0 aromatic carbocycles. The maximum atomic E-state index is 12.0. The van der Waals surface area contributed by atoms with Gasteiger partial charge in [0.15, 0.2) is 0 Å². The molecule has 2 aliphatic heterocycles. The average molecular weight is 324 g/mol. The first kappa shape index (κ1) is 14.2. The third-order valence-electron chi connectivity index (χ3n) is 3.34. The molecule has 3 rings (SSSR count). The largest absolute Gasteiger partial charge is 0.478 e. The van der Waals surface area contributed by atoms with Gasteiger partial charge in [-0.3, -0.25) is 14.5 Å². The summed E-state index contributed by atoms with van der Waals surface area (Å²) in [7, 11) is 0. The summed E-state index contributed by atoms with van der Waals surface area (Å²) < 4.78 is 0. The molecule has 1 fully saturated rings. The summed E-state index contributed by atoms with van der Waals surface area (Å²) in [6.45, 7) is 1.41. The van der Waals surface area contributed by atoms with E-state index in [0.29, 0.717) is 11.4 Å². The zero-order chi connectivity index (χ0) is 15.1. The normalized spacial score (nSPS) is 24.0. The second-order valence-corrected chi connectivity index (χ2v) is 6.87. The van der Waals surface area contributed by atoms with Crippen LogP contribution in [0.25, 0.3) is 0 Å². The number of carboxylic acid groups (broad SMARTS) is 1. The SMILES string of the molecule is CC(=O)N(c1cccs1)C1S[C@@H]2CC(=O)N2C=C1C(=O)O. The molecule has 2 aliphatic rings. The van der Waals surface area contributed by atoms with Crippen LogP contribution in [-0.4, -0.2) is 38.5 Å². The highest BCUT2D eigenvalue weighted by atomic mass is 32.2. The van der Waals surface area contributed by atoms with Gasteiger partial charge in [0.05, 0.1) is 22.4 Å². The maximum Gasteiger partial charge on any atom is 0.336 e. The molecule has 2 amide bonds. The summed E-state index contributed by atoms with van der Waals surface area (Å²) >= 11 is 2.70. The van der Waals surface area contributed by atoms with Crippen LogP contribution in [0, 0.1) is 0 Å². The molecule has 0 bridgehead atoms. The highest BCUT2D eigenvalue weighted by Crippen LogP contribution is 2.43. The summed E-state index contributed by atoms with van der Waals surface area (Å²) in [5.41, 5.74) is 0.0490. The number of nitrogens with zero attached hydrogens (tertiary/aromatic N) is 2. The highest BCUT2D eigenvalue weighted by molar-refractivity contribution is 8.01. The third kappa shape index (κ3) is 2.34. The fourth-order valence-corrected chi connectivity index (χ4v) is 4.72. The third-order valence-corrected chi connectivity index (χ3v) is 5.64. The molecule has 1 aromatic rings. The Balaban J connectivity index is 2.00. The second kappa shape index (κ2) is 5.19. The van der Waals surface area contributed by atoms with Gasteiger partial charge in [-0.2, -0.15) is 0 Å². The van der Waals surface area contributed by atoms with E-state index in [1.165, 1.54) is 46.0 Å². The Morgan fingerprint density at radius 3 is 2.76 bits per heavy atom. The molecule has 2 atom stereocenters. The molecule has 3 heterocycles. The molecule has 1 N–H and O–H groups in total. The van der Waals surface area contributed by atoms with Crippen LogP contribution in [0.15, 0.2) is 29.3 Å². The number of hydrogen-bond donors (Lipinski definition) is 1. The lowest BCUT2D eigenvalue weighted by Gasteiger charge is -2.45. The van der Waals surface area contributed by atoms with Crippen LogP contribution in [0.5, 0.6) is 0 Å². The van der Waals surface area contributed by atoms with Crippen molar-refractivity contribution in [3.05, 3.63) is 29.3 Å². The summed E-state index contributed by atoms with van der Waals surface area (Å²) in [5.74, 6) is -1.43. The van der Waals surface area contributed by atoms with Gasteiger partial charge in [-0.1, -0.05) is 0 Å². The summed E-state index contributed by atoms with van der Waals surface area (Å²) in [5, 5.41) is 11.2. The minimum atomic E-state index is -1.12. The Hall–Kier alpha value is -1.80. The van der Waals surface area contributed by atoms with E-state index in [1.807, 2.05) is 11.4 Å². The van der Waals surface area contributed by atoms with Crippen LogP contribution in [0.2, 0.25) is 0 Å². The standard InChI is InChI=1S/C13H12N2O4S2/c1-7(16)15(10-3-2-4-20-10)12-8(13(18)19)6-14-9(17)5-11(14)21-12/h2-4,6,11-12H,5H2,1H3,(H,18,19)/t11-,12?/m1/s1. The van der Waals surface area contributed by atoms with Crippen LogP contribution in [-0.2, 0) is 14.4 Å². The number of fused-ring (bicyclic) bond motifs is 1. The maximum absolute atomic E-state index is 12.0. The van der Waals surface area contributed by atoms with Crippen molar-refractivity contribution in [2.75, 3.05) is 4.90 Å². The number of thioether (sulfide) groups is 1. The zero-order valence-electron chi connectivity index (χ0n) is 11.1. The van der Waals surface area contributed by atoms with Crippen LogP contribution < -0.4 is 4.90 Å². The Bertz CT molecular complexity index is 641. The van der Waals surface area contributed by atoms with Crippen molar-refractivity contribution in [2.24, 2.45) is 0 Å². The molecule has 1 unspecified atom stereocenters. The van der Waals surface area contributed by atoms with Gasteiger partial charge in [-0.05, 0) is 17.5 Å². The van der Waals surface area contributed by atoms with Crippen molar-refractivity contribution < 1.29 is 19.5 Å². The number of β-lactam (4-membered cyclic amide) rings is 1. The first-order chi connectivity index (χ1) is 9.99. The molecule has 8 heteroatoms. The van der Waals surface area contributed by atoms with Crippen LogP contribution >= 0.6 is 23.1 Å². The monoisotopic (exact) mass is 324 g/mol. The Morgan fingerprint density at radius 2 is 2.24 bits per heavy atom. The fourth-order valence-electron chi connectivity index (χ4n) is 2.31. The predicted octanol–water partition coefficient (Wildman–Crippen LogP) is 1.70. The van der Waals surface area contributed by atoms with E-state index < -0.39 is 11.3 Å². The van der Waals surface area contributed by atoms with E-state index in [4.69, 9.17) is 0 Å². The molecule has 0 aliphatic carbocycles. The highest BCUT2D eigenvalue weighted by Gasteiger charge is 2.46. The minimum Gasteiger partial charge on any atom is -0.478 e. The Labute approximate surface area is 129 Å². The number of rotatable bonds is 3. The van der Waals surface area contributed by atoms with Crippen LogP contribution in [0.1, 0.15) is 13.3 Å². The number of anilines is 1. The average Bonchev–Trinajstić information content (AvgIpc) is 2.91. The van der Waals surface area contributed by atoms with Crippen molar-refractivity contribution in [1.82, 2.24) is 4.90 Å². The van der Waals surface area contributed by atoms with E-state index in [0.717, 1.165) is 0 Å². The van der Waals surface area contributed by atoms with Gasteiger partial charge < -0.3 is 10.0 Å². The fraction of sp³-hybridized carbons (Fsp3) is 0.308. The molecular weight excluding hydrogens is 312 g/mol. The molecule has 1 aromatic heterocycles. The number of carboxylic acids is 1.